The number of carbonyl (C=O) groups is 1. The van der Waals surface area contributed by atoms with Gasteiger partial charge in [0, 0.05) is 23.3 Å². The molecule has 0 radical (unpaired) electrons. The molecule has 2 rings (SSSR count). The van der Waals surface area contributed by atoms with E-state index in [-0.39, 0.29) is 0 Å². The van der Waals surface area contributed by atoms with Gasteiger partial charge in [0.15, 0.2) is 6.29 Å². The number of halogens is 1. The normalized spacial score (nSPS) is 10.3. The molecule has 0 aliphatic rings. The second-order valence-electron chi connectivity index (χ2n) is 3.23. The SMILES string of the molecule is Cn1cc(C=O)c(-c2ccc(Br)cc2)n1. The maximum Gasteiger partial charge on any atom is 0.153 e. The first-order valence-electron chi connectivity index (χ1n) is 4.45. The predicted octanol–water partition coefficient (Wildman–Crippen LogP) is 2.66. The Hall–Kier alpha value is -1.42. The summed E-state index contributed by atoms with van der Waals surface area (Å²) in [5.41, 5.74) is 2.28. The summed E-state index contributed by atoms with van der Waals surface area (Å²) < 4.78 is 2.65. The third-order valence-corrected chi connectivity index (χ3v) is 2.63. The second-order valence-corrected chi connectivity index (χ2v) is 4.15. The van der Waals surface area contributed by atoms with E-state index < -0.39 is 0 Å². The number of aromatic nitrogens is 2. The molecule has 4 heteroatoms. The van der Waals surface area contributed by atoms with E-state index in [1.54, 1.807) is 17.9 Å². The molecule has 0 saturated heterocycles. The first-order chi connectivity index (χ1) is 7.20. The molecular weight excluding hydrogens is 256 g/mol. The van der Waals surface area contributed by atoms with Crippen molar-refractivity contribution in [3.63, 3.8) is 0 Å². The molecule has 0 saturated carbocycles. The quantitative estimate of drug-likeness (QED) is 0.782. The van der Waals surface area contributed by atoms with Crippen LogP contribution in [0.25, 0.3) is 11.3 Å². The van der Waals surface area contributed by atoms with Crippen molar-refractivity contribution in [3.05, 3.63) is 40.5 Å². The molecule has 0 amide bonds. The lowest BCUT2D eigenvalue weighted by Gasteiger charge is -1.97. The topological polar surface area (TPSA) is 34.9 Å². The lowest BCUT2D eigenvalue weighted by molar-refractivity contribution is 0.112. The van der Waals surface area contributed by atoms with Gasteiger partial charge in [0.25, 0.3) is 0 Å². The van der Waals surface area contributed by atoms with Crippen LogP contribution in [0.3, 0.4) is 0 Å². The number of nitrogens with zero attached hydrogens (tertiary/aromatic N) is 2. The Kier molecular flexibility index (Phi) is 2.68. The maximum atomic E-state index is 10.8. The molecule has 15 heavy (non-hydrogen) atoms. The summed E-state index contributed by atoms with van der Waals surface area (Å²) in [5.74, 6) is 0. The molecule has 1 aromatic heterocycles. The first-order valence-corrected chi connectivity index (χ1v) is 5.25. The van der Waals surface area contributed by atoms with Crippen LogP contribution < -0.4 is 0 Å². The molecule has 0 bridgehead atoms. The summed E-state index contributed by atoms with van der Waals surface area (Å²) in [6, 6.07) is 7.72. The molecule has 3 nitrogen and oxygen atoms in total. The standard InChI is InChI=1S/C11H9BrN2O/c1-14-6-9(7-15)11(13-14)8-2-4-10(12)5-3-8/h2-7H,1H3. The van der Waals surface area contributed by atoms with Crippen molar-refractivity contribution < 1.29 is 4.79 Å². The van der Waals surface area contributed by atoms with Crippen molar-refractivity contribution in [1.82, 2.24) is 9.78 Å². The summed E-state index contributed by atoms with van der Waals surface area (Å²) in [7, 11) is 1.80. The number of carbonyl (C=O) groups excluding carboxylic acids is 1. The Balaban J connectivity index is 2.52. The lowest BCUT2D eigenvalue weighted by atomic mass is 10.1. The molecule has 0 N–H and O–H groups in total. The second kappa shape index (κ2) is 3.98. The third-order valence-electron chi connectivity index (χ3n) is 2.10. The van der Waals surface area contributed by atoms with E-state index in [1.165, 1.54) is 0 Å². The fourth-order valence-corrected chi connectivity index (χ4v) is 1.69. The summed E-state index contributed by atoms with van der Waals surface area (Å²) in [6.07, 6.45) is 2.54. The monoisotopic (exact) mass is 264 g/mol. The molecule has 0 fully saturated rings. The van der Waals surface area contributed by atoms with Crippen LogP contribution in [0.5, 0.6) is 0 Å². The Morgan fingerprint density at radius 3 is 2.60 bits per heavy atom. The Bertz CT molecular complexity index is 488. The zero-order chi connectivity index (χ0) is 10.8. The Labute approximate surface area is 95.9 Å². The van der Waals surface area contributed by atoms with Gasteiger partial charge in [-0.2, -0.15) is 5.10 Å². The number of hydrogen-bond donors (Lipinski definition) is 0. The van der Waals surface area contributed by atoms with Crippen LogP contribution in [0.15, 0.2) is 34.9 Å². The van der Waals surface area contributed by atoms with Crippen LogP contribution in [-0.4, -0.2) is 16.1 Å². The van der Waals surface area contributed by atoms with Crippen molar-refractivity contribution in [2.24, 2.45) is 7.05 Å². The molecule has 76 valence electrons. The number of aryl methyl sites for hydroxylation is 1. The van der Waals surface area contributed by atoms with Gasteiger partial charge in [-0.05, 0) is 12.1 Å². The maximum absolute atomic E-state index is 10.8. The number of aldehydes is 1. The highest BCUT2D eigenvalue weighted by molar-refractivity contribution is 9.10. The van der Waals surface area contributed by atoms with Gasteiger partial charge in [0.2, 0.25) is 0 Å². The molecule has 1 heterocycles. The zero-order valence-electron chi connectivity index (χ0n) is 8.14. The minimum Gasteiger partial charge on any atom is -0.298 e. The van der Waals surface area contributed by atoms with Crippen molar-refractivity contribution in [2.75, 3.05) is 0 Å². The van der Waals surface area contributed by atoms with Gasteiger partial charge >= 0.3 is 0 Å². The third kappa shape index (κ3) is 1.99. The first kappa shape index (κ1) is 10.1. The van der Waals surface area contributed by atoms with E-state index in [0.717, 1.165) is 22.0 Å². The van der Waals surface area contributed by atoms with Crippen molar-refractivity contribution in [3.8, 4) is 11.3 Å². The van der Waals surface area contributed by atoms with Crippen molar-refractivity contribution >= 4 is 22.2 Å². The molecule has 0 spiro atoms. The van der Waals surface area contributed by atoms with E-state index in [0.29, 0.717) is 5.56 Å². The van der Waals surface area contributed by atoms with Gasteiger partial charge in [-0.25, -0.2) is 0 Å². The highest BCUT2D eigenvalue weighted by Crippen LogP contribution is 2.22. The summed E-state index contributed by atoms with van der Waals surface area (Å²) in [4.78, 5) is 10.8. The van der Waals surface area contributed by atoms with Gasteiger partial charge in [-0.3, -0.25) is 9.48 Å². The van der Waals surface area contributed by atoms with Gasteiger partial charge in [0.05, 0.1) is 5.56 Å². The molecule has 1 aromatic carbocycles. The zero-order valence-corrected chi connectivity index (χ0v) is 9.73. The molecule has 0 atom stereocenters. The van der Waals surface area contributed by atoms with E-state index >= 15 is 0 Å². The highest BCUT2D eigenvalue weighted by atomic mass is 79.9. The minimum absolute atomic E-state index is 0.611. The average Bonchev–Trinajstić information content (AvgIpc) is 2.61. The lowest BCUT2D eigenvalue weighted by Crippen LogP contribution is -1.87. The molecular formula is C11H9BrN2O. The van der Waals surface area contributed by atoms with Crippen molar-refractivity contribution in [2.45, 2.75) is 0 Å². The van der Waals surface area contributed by atoms with Gasteiger partial charge in [-0.1, -0.05) is 28.1 Å². The number of benzene rings is 1. The van der Waals surface area contributed by atoms with Gasteiger partial charge in [-0.15, -0.1) is 0 Å². The number of rotatable bonds is 2. The largest absolute Gasteiger partial charge is 0.298 e. The summed E-state index contributed by atoms with van der Waals surface area (Å²) in [5, 5.41) is 4.25. The van der Waals surface area contributed by atoms with Crippen LogP contribution in [0.2, 0.25) is 0 Å². The fourth-order valence-electron chi connectivity index (χ4n) is 1.43. The highest BCUT2D eigenvalue weighted by Gasteiger charge is 2.08. The molecule has 0 aliphatic carbocycles. The minimum atomic E-state index is 0.611. The fraction of sp³-hybridized carbons (Fsp3) is 0.0909. The average molecular weight is 265 g/mol. The smallest absolute Gasteiger partial charge is 0.153 e. The predicted molar refractivity (Wildman–Crippen MR) is 61.7 cm³/mol. The van der Waals surface area contributed by atoms with Crippen LogP contribution in [0.4, 0.5) is 0 Å². The van der Waals surface area contributed by atoms with E-state index in [2.05, 4.69) is 21.0 Å². The summed E-state index contributed by atoms with van der Waals surface area (Å²) in [6.45, 7) is 0. The van der Waals surface area contributed by atoms with E-state index in [1.807, 2.05) is 24.3 Å². The Morgan fingerprint density at radius 2 is 2.00 bits per heavy atom. The van der Waals surface area contributed by atoms with Crippen LogP contribution >= 0.6 is 15.9 Å². The molecule has 0 unspecified atom stereocenters. The van der Waals surface area contributed by atoms with E-state index in [9.17, 15) is 4.79 Å². The van der Waals surface area contributed by atoms with E-state index in [4.69, 9.17) is 0 Å². The Morgan fingerprint density at radius 1 is 1.33 bits per heavy atom. The number of hydrogen-bond acceptors (Lipinski definition) is 2. The van der Waals surface area contributed by atoms with Gasteiger partial charge < -0.3 is 0 Å². The molecule has 2 aromatic rings. The van der Waals surface area contributed by atoms with Crippen molar-refractivity contribution in [1.29, 1.82) is 0 Å². The summed E-state index contributed by atoms with van der Waals surface area (Å²) >= 11 is 3.36. The van der Waals surface area contributed by atoms with Gasteiger partial charge in [0.1, 0.15) is 5.69 Å². The van der Waals surface area contributed by atoms with Crippen LogP contribution in [-0.2, 0) is 7.05 Å². The molecule has 0 aliphatic heterocycles. The van der Waals surface area contributed by atoms with Crippen LogP contribution in [0, 0.1) is 0 Å². The van der Waals surface area contributed by atoms with Crippen LogP contribution in [0.1, 0.15) is 10.4 Å².